The summed E-state index contributed by atoms with van der Waals surface area (Å²) in [4.78, 5) is 11.8. The minimum Gasteiger partial charge on any atom is -0.416 e. The first-order chi connectivity index (χ1) is 11.4. The first kappa shape index (κ1) is 17.2. The molecular formula is C17H7F5O2. The van der Waals surface area contributed by atoms with Gasteiger partial charge < -0.3 is 4.74 Å². The molecule has 2 aromatic carbocycles. The molecule has 24 heavy (non-hydrogen) atoms. The first-order valence-electron chi connectivity index (χ1n) is 6.33. The predicted molar refractivity (Wildman–Crippen MR) is 74.7 cm³/mol. The third-order valence-electron chi connectivity index (χ3n) is 2.80. The highest BCUT2D eigenvalue weighted by atomic mass is 19.2. The van der Waals surface area contributed by atoms with Gasteiger partial charge in [-0.3, -0.25) is 0 Å². The fraction of sp³-hybridized carbons (Fsp3) is 0. The van der Waals surface area contributed by atoms with E-state index in [2.05, 4.69) is 23.2 Å². The number of ether oxygens (including phenoxy) is 1. The standard InChI is InChI=1S/C17H7F5O2/c1-2-3-4-9-5-7-10(8-6-9)17(23)24-16-14(21)12(19)11(18)13(20)15(16)22/h2,5-8H,1H2. The highest BCUT2D eigenvalue weighted by Gasteiger charge is 2.28. The Hall–Kier alpha value is -3.14. The first-order valence-corrected chi connectivity index (χ1v) is 6.33. The molecule has 122 valence electrons. The molecule has 0 bridgehead atoms. The lowest BCUT2D eigenvalue weighted by Crippen LogP contribution is -2.13. The van der Waals surface area contributed by atoms with E-state index < -0.39 is 40.8 Å². The summed E-state index contributed by atoms with van der Waals surface area (Å²) in [5.41, 5.74) is 0.353. The maximum absolute atomic E-state index is 13.5. The zero-order valence-corrected chi connectivity index (χ0v) is 11.8. The van der Waals surface area contributed by atoms with E-state index in [1.807, 2.05) is 0 Å². The fourth-order valence-electron chi connectivity index (χ4n) is 1.65. The summed E-state index contributed by atoms with van der Waals surface area (Å²) in [5, 5.41) is 0. The Morgan fingerprint density at radius 3 is 1.92 bits per heavy atom. The van der Waals surface area contributed by atoms with E-state index in [9.17, 15) is 26.7 Å². The maximum Gasteiger partial charge on any atom is 0.343 e. The van der Waals surface area contributed by atoms with Crippen molar-refractivity contribution in [2.75, 3.05) is 0 Å². The molecule has 0 aromatic heterocycles. The van der Waals surface area contributed by atoms with Crippen molar-refractivity contribution in [1.82, 2.24) is 0 Å². The number of hydrogen-bond donors (Lipinski definition) is 0. The second kappa shape index (κ2) is 6.96. The zero-order valence-electron chi connectivity index (χ0n) is 11.8. The van der Waals surface area contributed by atoms with Crippen molar-refractivity contribution < 1.29 is 31.5 Å². The van der Waals surface area contributed by atoms with Crippen LogP contribution in [0.3, 0.4) is 0 Å². The van der Waals surface area contributed by atoms with Gasteiger partial charge in [0, 0.05) is 5.56 Å². The van der Waals surface area contributed by atoms with Crippen LogP contribution in [0, 0.1) is 40.9 Å². The summed E-state index contributed by atoms with van der Waals surface area (Å²) in [6.07, 6.45) is 1.35. The van der Waals surface area contributed by atoms with Gasteiger partial charge in [0.25, 0.3) is 0 Å². The van der Waals surface area contributed by atoms with Crippen LogP contribution in [0.4, 0.5) is 22.0 Å². The number of benzene rings is 2. The highest BCUT2D eigenvalue weighted by molar-refractivity contribution is 5.91. The van der Waals surface area contributed by atoms with Crippen molar-refractivity contribution in [2.24, 2.45) is 0 Å². The second-order valence-corrected chi connectivity index (χ2v) is 4.34. The number of rotatable bonds is 2. The Balaban J connectivity index is 2.32. The molecule has 0 amide bonds. The zero-order chi connectivity index (χ0) is 17.9. The molecule has 0 spiro atoms. The number of allylic oxidation sites excluding steroid dienone is 1. The summed E-state index contributed by atoms with van der Waals surface area (Å²) in [5.74, 6) is -8.92. The van der Waals surface area contributed by atoms with Gasteiger partial charge in [0.1, 0.15) is 0 Å². The van der Waals surface area contributed by atoms with E-state index in [4.69, 9.17) is 0 Å². The quantitative estimate of drug-likeness (QED) is 0.205. The maximum atomic E-state index is 13.5. The molecular weight excluding hydrogens is 331 g/mol. The van der Waals surface area contributed by atoms with Crippen molar-refractivity contribution in [3.8, 4) is 17.6 Å². The van der Waals surface area contributed by atoms with Gasteiger partial charge in [0.2, 0.25) is 34.8 Å². The van der Waals surface area contributed by atoms with Crippen LogP contribution in [-0.2, 0) is 0 Å². The molecule has 0 aliphatic carbocycles. The third kappa shape index (κ3) is 3.27. The smallest absolute Gasteiger partial charge is 0.343 e. The van der Waals surface area contributed by atoms with Crippen LogP contribution in [0.15, 0.2) is 36.9 Å². The average molecular weight is 338 g/mol. The Bertz CT molecular complexity index is 848. The second-order valence-electron chi connectivity index (χ2n) is 4.34. The van der Waals surface area contributed by atoms with E-state index in [-0.39, 0.29) is 5.56 Å². The lowest BCUT2D eigenvalue weighted by Gasteiger charge is -2.08. The van der Waals surface area contributed by atoms with Gasteiger partial charge in [-0.1, -0.05) is 18.4 Å². The van der Waals surface area contributed by atoms with Crippen LogP contribution in [0.2, 0.25) is 0 Å². The van der Waals surface area contributed by atoms with E-state index in [1.165, 1.54) is 30.3 Å². The normalized spacial score (nSPS) is 9.88. The number of esters is 1. The Morgan fingerprint density at radius 1 is 0.917 bits per heavy atom. The van der Waals surface area contributed by atoms with Crippen LogP contribution in [0.1, 0.15) is 15.9 Å². The molecule has 7 heteroatoms. The van der Waals surface area contributed by atoms with E-state index in [1.54, 1.807) is 0 Å². The monoisotopic (exact) mass is 338 g/mol. The van der Waals surface area contributed by atoms with Gasteiger partial charge in [-0.15, -0.1) is 0 Å². The molecule has 2 aromatic rings. The molecule has 2 rings (SSSR count). The van der Waals surface area contributed by atoms with Gasteiger partial charge in [-0.05, 0) is 30.3 Å². The van der Waals surface area contributed by atoms with E-state index in [0.717, 1.165) is 0 Å². The van der Waals surface area contributed by atoms with Crippen LogP contribution >= 0.6 is 0 Å². The van der Waals surface area contributed by atoms with Crippen molar-refractivity contribution in [2.45, 2.75) is 0 Å². The average Bonchev–Trinajstić information content (AvgIpc) is 2.60. The predicted octanol–water partition coefficient (Wildman–Crippen LogP) is 4.14. The minimum atomic E-state index is -2.34. The summed E-state index contributed by atoms with van der Waals surface area (Å²) >= 11 is 0. The van der Waals surface area contributed by atoms with E-state index in [0.29, 0.717) is 5.56 Å². The van der Waals surface area contributed by atoms with Crippen LogP contribution < -0.4 is 4.74 Å². The molecule has 0 aliphatic heterocycles. The van der Waals surface area contributed by atoms with Crippen molar-refractivity contribution in [3.63, 3.8) is 0 Å². The summed E-state index contributed by atoms with van der Waals surface area (Å²) in [6, 6.07) is 5.26. The largest absolute Gasteiger partial charge is 0.416 e. The molecule has 0 unspecified atom stereocenters. The van der Waals surface area contributed by atoms with Crippen molar-refractivity contribution in [3.05, 3.63) is 77.1 Å². The highest BCUT2D eigenvalue weighted by Crippen LogP contribution is 2.29. The summed E-state index contributed by atoms with van der Waals surface area (Å²) in [7, 11) is 0. The van der Waals surface area contributed by atoms with Gasteiger partial charge >= 0.3 is 5.97 Å². The SMILES string of the molecule is C=CC#Cc1ccc(C(=O)Oc2c(F)c(F)c(F)c(F)c2F)cc1. The Labute approximate surface area is 133 Å². The van der Waals surface area contributed by atoms with Gasteiger partial charge in [-0.25, -0.2) is 18.0 Å². The summed E-state index contributed by atoms with van der Waals surface area (Å²) < 4.78 is 70.2. The molecule has 0 heterocycles. The Morgan fingerprint density at radius 2 is 1.42 bits per heavy atom. The number of carbonyl (C=O) groups is 1. The number of carbonyl (C=O) groups excluding carboxylic acids is 1. The fourth-order valence-corrected chi connectivity index (χ4v) is 1.65. The molecule has 0 saturated heterocycles. The van der Waals surface area contributed by atoms with Gasteiger partial charge in [0.05, 0.1) is 5.56 Å². The van der Waals surface area contributed by atoms with Crippen molar-refractivity contribution >= 4 is 5.97 Å². The molecule has 0 saturated carbocycles. The third-order valence-corrected chi connectivity index (χ3v) is 2.80. The van der Waals surface area contributed by atoms with Crippen LogP contribution in [-0.4, -0.2) is 5.97 Å². The van der Waals surface area contributed by atoms with Gasteiger partial charge in [0.15, 0.2) is 0 Å². The minimum absolute atomic E-state index is 0.164. The molecule has 0 fully saturated rings. The molecule has 2 nitrogen and oxygen atoms in total. The molecule has 0 radical (unpaired) electrons. The van der Waals surface area contributed by atoms with Crippen LogP contribution in [0.25, 0.3) is 0 Å². The van der Waals surface area contributed by atoms with Crippen LogP contribution in [0.5, 0.6) is 5.75 Å². The van der Waals surface area contributed by atoms with Gasteiger partial charge in [-0.2, -0.15) is 8.78 Å². The van der Waals surface area contributed by atoms with Crippen molar-refractivity contribution in [1.29, 1.82) is 0 Å². The lowest BCUT2D eigenvalue weighted by atomic mass is 10.1. The molecule has 0 N–H and O–H groups in total. The molecule has 0 aliphatic rings. The number of hydrogen-bond acceptors (Lipinski definition) is 2. The topological polar surface area (TPSA) is 26.3 Å². The van der Waals surface area contributed by atoms with E-state index >= 15 is 0 Å². The number of halogens is 5. The summed E-state index contributed by atoms with van der Waals surface area (Å²) in [6.45, 7) is 3.40. The lowest BCUT2D eigenvalue weighted by molar-refractivity contribution is 0.0716. The molecule has 0 atom stereocenters. The Kier molecular flexibility index (Phi) is 4.99.